The molecule has 0 atom stereocenters. The summed E-state index contributed by atoms with van der Waals surface area (Å²) in [4.78, 5) is 12.5. The van der Waals surface area contributed by atoms with Gasteiger partial charge in [-0.1, -0.05) is 25.0 Å². The molecule has 1 aliphatic carbocycles. The molecule has 0 spiro atoms. The molecule has 0 unspecified atom stereocenters. The number of hydrogen-bond donors (Lipinski definition) is 1. The van der Waals surface area contributed by atoms with Crippen molar-refractivity contribution >= 4 is 12.0 Å². The number of amides is 1. The lowest BCUT2D eigenvalue weighted by Crippen LogP contribution is -2.38. The summed E-state index contributed by atoms with van der Waals surface area (Å²) in [7, 11) is 6.46. The van der Waals surface area contributed by atoms with Gasteiger partial charge < -0.3 is 24.3 Å². The Morgan fingerprint density at radius 1 is 0.871 bits per heavy atom. The van der Waals surface area contributed by atoms with E-state index in [1.165, 1.54) is 5.56 Å². The van der Waals surface area contributed by atoms with E-state index in [0.717, 1.165) is 31.2 Å². The molecule has 31 heavy (non-hydrogen) atoms. The van der Waals surface area contributed by atoms with Crippen LogP contribution in [0, 0.1) is 0 Å². The summed E-state index contributed by atoms with van der Waals surface area (Å²) >= 11 is 0. The van der Waals surface area contributed by atoms with Crippen LogP contribution in [-0.4, -0.2) is 40.9 Å². The predicted molar refractivity (Wildman–Crippen MR) is 121 cm³/mol. The average Bonchev–Trinajstić information content (AvgIpc) is 3.30. The molecule has 2 aromatic rings. The molecular formula is C25H31NO5. The number of ether oxygens (including phenoxy) is 4. The van der Waals surface area contributed by atoms with E-state index in [2.05, 4.69) is 11.4 Å². The zero-order valence-corrected chi connectivity index (χ0v) is 18.7. The van der Waals surface area contributed by atoms with Crippen LogP contribution in [0.15, 0.2) is 42.5 Å². The summed E-state index contributed by atoms with van der Waals surface area (Å²) in [6.07, 6.45) is 7.68. The summed E-state index contributed by atoms with van der Waals surface area (Å²) in [5.41, 5.74) is 1.95. The van der Waals surface area contributed by atoms with Gasteiger partial charge >= 0.3 is 0 Å². The van der Waals surface area contributed by atoms with E-state index < -0.39 is 0 Å². The van der Waals surface area contributed by atoms with Crippen LogP contribution in [0.4, 0.5) is 0 Å². The lowest BCUT2D eigenvalue weighted by Gasteiger charge is -2.30. The van der Waals surface area contributed by atoms with E-state index >= 15 is 0 Å². The lowest BCUT2D eigenvalue weighted by atomic mass is 9.78. The van der Waals surface area contributed by atoms with Crippen LogP contribution in [0.25, 0.3) is 6.08 Å². The van der Waals surface area contributed by atoms with Crippen molar-refractivity contribution in [3.8, 4) is 23.0 Å². The van der Waals surface area contributed by atoms with Crippen molar-refractivity contribution < 1.29 is 23.7 Å². The van der Waals surface area contributed by atoms with Gasteiger partial charge in [0.25, 0.3) is 0 Å². The largest absolute Gasteiger partial charge is 0.493 e. The van der Waals surface area contributed by atoms with Gasteiger partial charge in [-0.05, 0) is 54.3 Å². The summed E-state index contributed by atoms with van der Waals surface area (Å²) in [6, 6.07) is 11.6. The second-order valence-corrected chi connectivity index (χ2v) is 7.72. The van der Waals surface area contributed by atoms with Crippen molar-refractivity contribution in [3.63, 3.8) is 0 Å². The van der Waals surface area contributed by atoms with E-state index in [1.54, 1.807) is 40.6 Å². The predicted octanol–water partition coefficient (Wildman–Crippen LogP) is 4.36. The maximum atomic E-state index is 12.5. The molecule has 1 amide bonds. The van der Waals surface area contributed by atoms with Gasteiger partial charge in [0.05, 0.1) is 28.4 Å². The number of carbonyl (C=O) groups is 1. The molecule has 1 aliphatic rings. The quantitative estimate of drug-likeness (QED) is 0.605. The fourth-order valence-corrected chi connectivity index (χ4v) is 4.23. The van der Waals surface area contributed by atoms with E-state index in [-0.39, 0.29) is 11.3 Å². The minimum Gasteiger partial charge on any atom is -0.493 e. The third-order valence-corrected chi connectivity index (χ3v) is 5.99. The van der Waals surface area contributed by atoms with Crippen LogP contribution in [0.1, 0.15) is 36.8 Å². The van der Waals surface area contributed by atoms with E-state index in [9.17, 15) is 4.79 Å². The Bertz CT molecular complexity index is 932. The highest BCUT2D eigenvalue weighted by Crippen LogP contribution is 2.43. The number of rotatable bonds is 9. The molecule has 3 rings (SSSR count). The highest BCUT2D eigenvalue weighted by Gasteiger charge is 2.36. The molecule has 0 bridgehead atoms. The molecule has 1 N–H and O–H groups in total. The normalized spacial score (nSPS) is 15.0. The van der Waals surface area contributed by atoms with Crippen molar-refractivity contribution in [1.82, 2.24) is 5.32 Å². The number of hydrogen-bond acceptors (Lipinski definition) is 5. The Morgan fingerprint density at radius 3 is 2.06 bits per heavy atom. The van der Waals surface area contributed by atoms with Gasteiger partial charge in [-0.3, -0.25) is 4.79 Å². The van der Waals surface area contributed by atoms with Crippen molar-refractivity contribution in [2.24, 2.45) is 0 Å². The van der Waals surface area contributed by atoms with Gasteiger partial charge in [0.2, 0.25) is 5.91 Å². The van der Waals surface area contributed by atoms with Gasteiger partial charge in [0.1, 0.15) is 0 Å². The topological polar surface area (TPSA) is 66.0 Å². The Kier molecular flexibility index (Phi) is 7.45. The zero-order chi connectivity index (χ0) is 22.3. The second kappa shape index (κ2) is 10.2. The van der Waals surface area contributed by atoms with Crippen molar-refractivity contribution in [1.29, 1.82) is 0 Å². The molecule has 0 aliphatic heterocycles. The number of methoxy groups -OCH3 is 4. The summed E-state index contributed by atoms with van der Waals surface area (Å²) < 4.78 is 21.4. The molecule has 2 aromatic carbocycles. The second-order valence-electron chi connectivity index (χ2n) is 7.72. The maximum absolute atomic E-state index is 12.5. The molecule has 1 saturated carbocycles. The van der Waals surface area contributed by atoms with E-state index in [1.807, 2.05) is 30.3 Å². The Labute approximate surface area is 184 Å². The van der Waals surface area contributed by atoms with Crippen LogP contribution >= 0.6 is 0 Å². The third-order valence-electron chi connectivity index (χ3n) is 5.99. The van der Waals surface area contributed by atoms with Crippen molar-refractivity contribution in [2.75, 3.05) is 35.0 Å². The van der Waals surface area contributed by atoms with Gasteiger partial charge in [0.15, 0.2) is 23.0 Å². The molecule has 0 heterocycles. The summed E-state index contributed by atoms with van der Waals surface area (Å²) in [6.45, 7) is 0.581. The average molecular weight is 426 g/mol. The van der Waals surface area contributed by atoms with Crippen LogP contribution in [-0.2, 0) is 10.2 Å². The first-order valence-corrected chi connectivity index (χ1v) is 10.5. The first kappa shape index (κ1) is 22.5. The van der Waals surface area contributed by atoms with Crippen LogP contribution in [0.5, 0.6) is 23.0 Å². The first-order valence-electron chi connectivity index (χ1n) is 10.5. The Balaban J connectivity index is 1.70. The van der Waals surface area contributed by atoms with Crippen LogP contribution in [0.3, 0.4) is 0 Å². The molecule has 0 saturated heterocycles. The molecule has 1 fully saturated rings. The van der Waals surface area contributed by atoms with Gasteiger partial charge in [0, 0.05) is 18.0 Å². The number of nitrogens with one attached hydrogen (secondary N) is 1. The highest BCUT2D eigenvalue weighted by molar-refractivity contribution is 5.91. The molecule has 0 aromatic heterocycles. The number of benzene rings is 2. The van der Waals surface area contributed by atoms with Crippen molar-refractivity contribution in [2.45, 2.75) is 31.1 Å². The fourth-order valence-electron chi connectivity index (χ4n) is 4.23. The molecule has 166 valence electrons. The minimum atomic E-state index is -0.124. The fraction of sp³-hybridized carbons (Fsp3) is 0.400. The minimum absolute atomic E-state index is 0.0909. The standard InChI is InChI=1S/C25H31NO5/c1-28-20-10-7-18(15-22(20)30-3)8-12-24(27)26-17-25(13-5-6-14-25)19-9-11-21(29-2)23(16-19)31-4/h7-12,15-16H,5-6,13-14,17H2,1-4H3,(H,26,27). The highest BCUT2D eigenvalue weighted by atomic mass is 16.5. The van der Waals surface area contributed by atoms with Crippen LogP contribution < -0.4 is 24.3 Å². The SMILES string of the molecule is COc1ccc(C=CC(=O)NCC2(c3ccc(OC)c(OC)c3)CCCC2)cc1OC. The Morgan fingerprint density at radius 2 is 1.45 bits per heavy atom. The molecule has 0 radical (unpaired) electrons. The van der Waals surface area contributed by atoms with Crippen LogP contribution in [0.2, 0.25) is 0 Å². The third kappa shape index (κ3) is 5.13. The molecule has 6 heteroatoms. The van der Waals surface area contributed by atoms with E-state index in [4.69, 9.17) is 18.9 Å². The maximum Gasteiger partial charge on any atom is 0.244 e. The first-order chi connectivity index (χ1) is 15.0. The van der Waals surface area contributed by atoms with Gasteiger partial charge in [-0.25, -0.2) is 0 Å². The van der Waals surface area contributed by atoms with Gasteiger partial charge in [-0.2, -0.15) is 0 Å². The Hall–Kier alpha value is -3.15. The van der Waals surface area contributed by atoms with Gasteiger partial charge in [-0.15, -0.1) is 0 Å². The molecule has 6 nitrogen and oxygen atoms in total. The smallest absolute Gasteiger partial charge is 0.244 e. The lowest BCUT2D eigenvalue weighted by molar-refractivity contribution is -0.116. The number of carbonyl (C=O) groups excluding carboxylic acids is 1. The molecular weight excluding hydrogens is 394 g/mol. The van der Waals surface area contributed by atoms with Crippen molar-refractivity contribution in [3.05, 3.63) is 53.6 Å². The summed E-state index contributed by atoms with van der Waals surface area (Å²) in [5.74, 6) is 2.58. The monoisotopic (exact) mass is 425 g/mol. The van der Waals surface area contributed by atoms with E-state index in [0.29, 0.717) is 29.5 Å². The summed E-state index contributed by atoms with van der Waals surface area (Å²) in [5, 5.41) is 3.10. The zero-order valence-electron chi connectivity index (χ0n) is 18.7.